The summed E-state index contributed by atoms with van der Waals surface area (Å²) in [4.78, 5) is 4.65. The standard InChI is InChI=1S/C16H29N3/c1-4-5-11-17-16-18-13(2)12-19(16)14(3)15-9-7-6-8-10-15/h12,14-15H,4-11H2,1-3H3,(H,17,18). The summed E-state index contributed by atoms with van der Waals surface area (Å²) < 4.78 is 2.38. The van der Waals surface area contributed by atoms with Crippen LogP contribution in [0.25, 0.3) is 0 Å². The van der Waals surface area contributed by atoms with Crippen molar-refractivity contribution >= 4 is 5.95 Å². The highest BCUT2D eigenvalue weighted by Gasteiger charge is 2.23. The summed E-state index contributed by atoms with van der Waals surface area (Å²) in [7, 11) is 0. The van der Waals surface area contributed by atoms with Crippen molar-refractivity contribution in [2.45, 2.75) is 71.8 Å². The zero-order valence-corrected chi connectivity index (χ0v) is 12.8. The first kappa shape index (κ1) is 14.4. The van der Waals surface area contributed by atoms with Gasteiger partial charge >= 0.3 is 0 Å². The Bertz CT molecular complexity index is 377. The average Bonchev–Trinajstić information content (AvgIpc) is 2.80. The lowest BCUT2D eigenvalue weighted by Crippen LogP contribution is -2.20. The smallest absolute Gasteiger partial charge is 0.203 e. The van der Waals surface area contributed by atoms with Crippen LogP contribution in [0.15, 0.2) is 6.20 Å². The van der Waals surface area contributed by atoms with E-state index < -0.39 is 0 Å². The maximum atomic E-state index is 4.65. The zero-order valence-electron chi connectivity index (χ0n) is 12.8. The van der Waals surface area contributed by atoms with E-state index in [0.29, 0.717) is 6.04 Å². The minimum absolute atomic E-state index is 0.575. The van der Waals surface area contributed by atoms with E-state index in [9.17, 15) is 0 Å². The first-order chi connectivity index (χ1) is 9.22. The van der Waals surface area contributed by atoms with Crippen molar-refractivity contribution in [2.24, 2.45) is 5.92 Å². The minimum atomic E-state index is 0.575. The molecular formula is C16H29N3. The molecule has 1 atom stereocenters. The van der Waals surface area contributed by atoms with Gasteiger partial charge in [0.2, 0.25) is 5.95 Å². The van der Waals surface area contributed by atoms with Gasteiger partial charge in [0.05, 0.1) is 5.69 Å². The van der Waals surface area contributed by atoms with E-state index in [2.05, 4.69) is 41.8 Å². The molecule has 1 aromatic rings. The monoisotopic (exact) mass is 263 g/mol. The minimum Gasteiger partial charge on any atom is -0.356 e. The molecule has 3 nitrogen and oxygen atoms in total. The molecule has 0 aliphatic heterocycles. The Labute approximate surface area is 117 Å². The topological polar surface area (TPSA) is 29.9 Å². The average molecular weight is 263 g/mol. The van der Waals surface area contributed by atoms with Gasteiger partial charge < -0.3 is 9.88 Å². The lowest BCUT2D eigenvalue weighted by Gasteiger charge is -2.29. The van der Waals surface area contributed by atoms with E-state index in [-0.39, 0.29) is 0 Å². The highest BCUT2D eigenvalue weighted by molar-refractivity contribution is 5.29. The molecular weight excluding hydrogens is 234 g/mol. The van der Waals surface area contributed by atoms with Gasteiger partial charge in [-0.05, 0) is 39.0 Å². The molecule has 0 aromatic carbocycles. The third-order valence-corrected chi connectivity index (χ3v) is 4.44. The third kappa shape index (κ3) is 3.74. The van der Waals surface area contributed by atoms with E-state index in [4.69, 9.17) is 0 Å². The van der Waals surface area contributed by atoms with Gasteiger partial charge in [-0.25, -0.2) is 4.98 Å². The summed E-state index contributed by atoms with van der Waals surface area (Å²) in [5.41, 5.74) is 1.13. The van der Waals surface area contributed by atoms with Crippen molar-refractivity contribution in [1.29, 1.82) is 0 Å². The molecule has 0 amide bonds. The summed E-state index contributed by atoms with van der Waals surface area (Å²) in [6, 6.07) is 0.575. The van der Waals surface area contributed by atoms with Crippen LogP contribution in [0.3, 0.4) is 0 Å². The first-order valence-corrected chi connectivity index (χ1v) is 8.01. The summed E-state index contributed by atoms with van der Waals surface area (Å²) >= 11 is 0. The molecule has 1 heterocycles. The van der Waals surface area contributed by atoms with E-state index in [1.807, 2.05) is 0 Å². The summed E-state index contributed by atoms with van der Waals surface area (Å²) in [6.45, 7) is 7.71. The van der Waals surface area contributed by atoms with Crippen LogP contribution in [-0.4, -0.2) is 16.1 Å². The summed E-state index contributed by atoms with van der Waals surface area (Å²) in [5.74, 6) is 1.90. The van der Waals surface area contributed by atoms with Crippen LogP contribution in [0, 0.1) is 12.8 Å². The second kappa shape index (κ2) is 6.97. The van der Waals surface area contributed by atoms with Crippen LogP contribution >= 0.6 is 0 Å². The lowest BCUT2D eigenvalue weighted by molar-refractivity contribution is 0.265. The molecule has 1 aromatic heterocycles. The Kier molecular flexibility index (Phi) is 5.29. The molecule has 1 aliphatic carbocycles. The van der Waals surface area contributed by atoms with Crippen molar-refractivity contribution < 1.29 is 0 Å². The van der Waals surface area contributed by atoms with E-state index in [1.54, 1.807) is 0 Å². The van der Waals surface area contributed by atoms with E-state index >= 15 is 0 Å². The fourth-order valence-electron chi connectivity index (χ4n) is 3.18. The van der Waals surface area contributed by atoms with Crippen LogP contribution in [-0.2, 0) is 0 Å². The normalized spacial score (nSPS) is 18.5. The van der Waals surface area contributed by atoms with Crippen molar-refractivity contribution in [2.75, 3.05) is 11.9 Å². The van der Waals surface area contributed by atoms with E-state index in [1.165, 1.54) is 44.9 Å². The van der Waals surface area contributed by atoms with E-state index in [0.717, 1.165) is 24.1 Å². The molecule has 1 N–H and O–H groups in total. The number of nitrogens with zero attached hydrogens (tertiary/aromatic N) is 2. The van der Waals surface area contributed by atoms with Gasteiger partial charge in [0, 0.05) is 18.8 Å². The Morgan fingerprint density at radius 3 is 2.79 bits per heavy atom. The highest BCUT2D eigenvalue weighted by Crippen LogP contribution is 2.34. The zero-order chi connectivity index (χ0) is 13.7. The Morgan fingerprint density at radius 2 is 2.11 bits per heavy atom. The Morgan fingerprint density at radius 1 is 1.37 bits per heavy atom. The van der Waals surface area contributed by atoms with Crippen LogP contribution in [0.4, 0.5) is 5.95 Å². The number of hydrogen-bond donors (Lipinski definition) is 1. The van der Waals surface area contributed by atoms with Gasteiger partial charge in [-0.1, -0.05) is 32.6 Å². The fraction of sp³-hybridized carbons (Fsp3) is 0.812. The molecule has 1 unspecified atom stereocenters. The van der Waals surface area contributed by atoms with Crippen molar-refractivity contribution in [3.63, 3.8) is 0 Å². The SMILES string of the molecule is CCCCNc1nc(C)cn1C(C)C1CCCCC1. The number of imidazole rings is 1. The van der Waals surface area contributed by atoms with Gasteiger partial charge in [0.1, 0.15) is 0 Å². The Hall–Kier alpha value is -0.990. The van der Waals surface area contributed by atoms with Crippen molar-refractivity contribution in [1.82, 2.24) is 9.55 Å². The Balaban J connectivity index is 2.04. The van der Waals surface area contributed by atoms with Gasteiger partial charge in [-0.3, -0.25) is 0 Å². The third-order valence-electron chi connectivity index (χ3n) is 4.44. The molecule has 1 saturated carbocycles. The maximum absolute atomic E-state index is 4.65. The number of rotatable bonds is 6. The number of nitrogens with one attached hydrogen (secondary N) is 1. The van der Waals surface area contributed by atoms with Gasteiger partial charge in [0.25, 0.3) is 0 Å². The second-order valence-electron chi connectivity index (χ2n) is 6.03. The molecule has 108 valence electrons. The van der Waals surface area contributed by atoms with Gasteiger partial charge in [-0.15, -0.1) is 0 Å². The number of aryl methyl sites for hydroxylation is 1. The molecule has 2 rings (SSSR count). The van der Waals surface area contributed by atoms with Crippen LogP contribution in [0.5, 0.6) is 0 Å². The number of aromatic nitrogens is 2. The summed E-state index contributed by atoms with van der Waals surface area (Å²) in [5, 5.41) is 3.51. The number of hydrogen-bond acceptors (Lipinski definition) is 2. The maximum Gasteiger partial charge on any atom is 0.203 e. The number of unbranched alkanes of at least 4 members (excludes halogenated alkanes) is 1. The lowest BCUT2D eigenvalue weighted by atomic mass is 9.84. The van der Waals surface area contributed by atoms with Gasteiger partial charge in [-0.2, -0.15) is 0 Å². The molecule has 3 heteroatoms. The molecule has 0 radical (unpaired) electrons. The largest absolute Gasteiger partial charge is 0.356 e. The van der Waals surface area contributed by atoms with Crippen LogP contribution < -0.4 is 5.32 Å². The second-order valence-corrected chi connectivity index (χ2v) is 6.03. The predicted octanol–water partition coefficient (Wildman–Crippen LogP) is 4.54. The summed E-state index contributed by atoms with van der Waals surface area (Å²) in [6.07, 6.45) is 11.7. The predicted molar refractivity (Wildman–Crippen MR) is 81.6 cm³/mol. The molecule has 1 fully saturated rings. The molecule has 0 bridgehead atoms. The highest BCUT2D eigenvalue weighted by atomic mass is 15.2. The first-order valence-electron chi connectivity index (χ1n) is 8.01. The quantitative estimate of drug-likeness (QED) is 0.763. The molecule has 1 aliphatic rings. The molecule has 0 spiro atoms. The van der Waals surface area contributed by atoms with Crippen LogP contribution in [0.1, 0.15) is 70.5 Å². The molecule has 19 heavy (non-hydrogen) atoms. The van der Waals surface area contributed by atoms with Crippen molar-refractivity contribution in [3.05, 3.63) is 11.9 Å². The number of anilines is 1. The van der Waals surface area contributed by atoms with Crippen molar-refractivity contribution in [3.8, 4) is 0 Å². The fourth-order valence-corrected chi connectivity index (χ4v) is 3.18. The van der Waals surface area contributed by atoms with Crippen LogP contribution in [0.2, 0.25) is 0 Å². The van der Waals surface area contributed by atoms with Gasteiger partial charge in [0.15, 0.2) is 0 Å². The molecule has 0 saturated heterocycles.